The molecule has 252 valence electrons. The molecule has 2 N–H and O–H groups in total. The van der Waals surface area contributed by atoms with Gasteiger partial charge in [-0.2, -0.15) is 10.2 Å². The van der Waals surface area contributed by atoms with Gasteiger partial charge in [-0.3, -0.25) is 9.89 Å². The minimum atomic E-state index is -0.319. The van der Waals surface area contributed by atoms with Crippen LogP contribution in [0.3, 0.4) is 0 Å². The summed E-state index contributed by atoms with van der Waals surface area (Å²) in [5, 5.41) is 31.0. The smallest absolute Gasteiger partial charge is 0.236 e. The molecule has 3 aromatic heterocycles. The lowest BCUT2D eigenvalue weighted by molar-refractivity contribution is 0.174. The van der Waals surface area contributed by atoms with Crippen LogP contribution >= 0.6 is 23.2 Å². The molecule has 1 saturated heterocycles. The number of likely N-dealkylation sites (tertiary alicyclic amines) is 1. The standard InChI is InChI=1S/C37H35Cl2N5O5/c1-41-35-29-16-32(48-34(29)22(17-40)19-44(35)13-14-45)28-8-4-7-27(33(28)39)24-5-3-6-26-25(24)9-10-31(26)49-37-30(38)15-21(36(42-37)47-2)18-43-12-11-23(46)20-43/h3-8,15-16,19,23,31,45-46H,9-14,18,20H2,1-2H3/t23-,31+/m1/s1. The SMILES string of the molecule is CN=c1c2cc(-c3cccc(-c4cccc5c4CC[C@@H]5Oc4nc(OC)c(CN5CC[C@@H](O)C5)cc4Cl)c3Cl)oc2c(C#N)cn1CCO. The number of rotatable bonds is 9. The molecular formula is C37H35Cl2N5O5. The monoisotopic (exact) mass is 699 g/mol. The van der Waals surface area contributed by atoms with E-state index < -0.39 is 0 Å². The number of methoxy groups -OCH3 is 1. The number of hydrogen-bond acceptors (Lipinski definition) is 9. The third kappa shape index (κ3) is 6.18. The van der Waals surface area contributed by atoms with Gasteiger partial charge in [0.15, 0.2) is 5.58 Å². The molecular weight excluding hydrogens is 665 g/mol. The highest BCUT2D eigenvalue weighted by Gasteiger charge is 2.30. The number of benzene rings is 2. The first kappa shape index (κ1) is 33.1. The van der Waals surface area contributed by atoms with Crippen LogP contribution in [-0.4, -0.2) is 64.6 Å². The topological polar surface area (TPSA) is 129 Å². The molecule has 0 radical (unpaired) electrons. The van der Waals surface area contributed by atoms with Crippen molar-refractivity contribution in [1.82, 2.24) is 14.5 Å². The Hall–Kier alpha value is -4.37. The largest absolute Gasteiger partial charge is 0.481 e. The van der Waals surface area contributed by atoms with Crippen molar-refractivity contribution in [2.24, 2.45) is 4.99 Å². The van der Waals surface area contributed by atoms with Gasteiger partial charge in [0.05, 0.1) is 30.2 Å². The molecule has 4 heterocycles. The second kappa shape index (κ2) is 13.9. The third-order valence-corrected chi connectivity index (χ3v) is 9.97. The molecule has 2 aliphatic rings. The molecule has 0 spiro atoms. The zero-order valence-corrected chi connectivity index (χ0v) is 28.6. The number of aliphatic hydroxyl groups excluding tert-OH is 2. The van der Waals surface area contributed by atoms with Crippen molar-refractivity contribution in [3.05, 3.63) is 92.5 Å². The quantitative estimate of drug-likeness (QED) is 0.183. The fourth-order valence-electron chi connectivity index (χ4n) is 7.05. The highest BCUT2D eigenvalue weighted by atomic mass is 35.5. The van der Waals surface area contributed by atoms with Crippen LogP contribution in [0.15, 0.2) is 64.1 Å². The van der Waals surface area contributed by atoms with E-state index in [9.17, 15) is 15.5 Å². The predicted octanol–water partition coefficient (Wildman–Crippen LogP) is 6.31. The van der Waals surface area contributed by atoms with E-state index in [1.165, 1.54) is 0 Å². The van der Waals surface area contributed by atoms with Crippen LogP contribution in [0.1, 0.15) is 41.2 Å². The lowest BCUT2D eigenvalue weighted by atomic mass is 9.95. The Kier molecular flexibility index (Phi) is 9.38. The number of nitrogens with zero attached hydrogens (tertiary/aromatic N) is 5. The van der Waals surface area contributed by atoms with Gasteiger partial charge in [0.2, 0.25) is 11.8 Å². The Morgan fingerprint density at radius 1 is 1.10 bits per heavy atom. The minimum Gasteiger partial charge on any atom is -0.481 e. The lowest BCUT2D eigenvalue weighted by Crippen LogP contribution is -2.23. The predicted molar refractivity (Wildman–Crippen MR) is 187 cm³/mol. The maximum absolute atomic E-state index is 9.94. The number of hydrogen-bond donors (Lipinski definition) is 2. The van der Waals surface area contributed by atoms with Gasteiger partial charge in [-0.1, -0.05) is 53.5 Å². The summed E-state index contributed by atoms with van der Waals surface area (Å²) in [6.07, 6.45) is 3.30. The van der Waals surface area contributed by atoms with Crippen LogP contribution in [0.5, 0.6) is 11.8 Å². The number of β-amino-alcohol motifs (C(OH)–C–C–N with tert-alkyl or cyclic N) is 1. The summed E-state index contributed by atoms with van der Waals surface area (Å²) in [6, 6.07) is 17.8. The molecule has 1 fully saturated rings. The fourth-order valence-corrected chi connectivity index (χ4v) is 7.59. The Labute approximate surface area is 293 Å². The van der Waals surface area contributed by atoms with Crippen LogP contribution in [-0.2, 0) is 19.5 Å². The van der Waals surface area contributed by atoms with E-state index in [-0.39, 0.29) is 18.8 Å². The average Bonchev–Trinajstić information content (AvgIpc) is 3.84. The molecule has 0 unspecified atom stereocenters. The number of furan rings is 1. The van der Waals surface area contributed by atoms with Gasteiger partial charge < -0.3 is 28.7 Å². The first-order valence-corrected chi connectivity index (χ1v) is 16.9. The first-order valence-electron chi connectivity index (χ1n) is 16.2. The van der Waals surface area contributed by atoms with Crippen molar-refractivity contribution >= 4 is 34.2 Å². The third-order valence-electron chi connectivity index (χ3n) is 9.29. The molecule has 5 aromatic rings. The van der Waals surface area contributed by atoms with Crippen molar-refractivity contribution in [2.75, 3.05) is 33.9 Å². The molecule has 0 bridgehead atoms. The minimum absolute atomic E-state index is 0.0925. The van der Waals surface area contributed by atoms with Gasteiger partial charge in [-0.05, 0) is 54.2 Å². The molecule has 7 rings (SSSR count). The van der Waals surface area contributed by atoms with Gasteiger partial charge >= 0.3 is 0 Å². The van der Waals surface area contributed by atoms with E-state index in [1.807, 2.05) is 36.4 Å². The number of pyridine rings is 2. The Morgan fingerprint density at radius 3 is 2.63 bits per heavy atom. The summed E-state index contributed by atoms with van der Waals surface area (Å²) in [5.41, 5.74) is 6.90. The van der Waals surface area contributed by atoms with Crippen molar-refractivity contribution in [3.8, 4) is 40.3 Å². The number of fused-ring (bicyclic) bond motifs is 2. The van der Waals surface area contributed by atoms with Gasteiger partial charge in [-0.25, -0.2) is 0 Å². The molecule has 10 nitrogen and oxygen atoms in total. The zero-order valence-electron chi connectivity index (χ0n) is 27.1. The van der Waals surface area contributed by atoms with Gasteiger partial charge in [0.25, 0.3) is 0 Å². The maximum Gasteiger partial charge on any atom is 0.236 e. The average molecular weight is 701 g/mol. The molecule has 1 aliphatic carbocycles. The summed E-state index contributed by atoms with van der Waals surface area (Å²) >= 11 is 13.9. The highest BCUT2D eigenvalue weighted by molar-refractivity contribution is 6.36. The summed E-state index contributed by atoms with van der Waals surface area (Å²) < 4.78 is 20.1. The summed E-state index contributed by atoms with van der Waals surface area (Å²) in [6.45, 7) is 2.19. The van der Waals surface area contributed by atoms with Crippen LogP contribution in [0.2, 0.25) is 10.0 Å². The molecule has 2 aromatic carbocycles. The number of aliphatic hydroxyl groups is 2. The second-order valence-corrected chi connectivity index (χ2v) is 13.1. The molecule has 0 saturated carbocycles. The lowest BCUT2D eigenvalue weighted by Gasteiger charge is -2.20. The molecule has 49 heavy (non-hydrogen) atoms. The van der Waals surface area contributed by atoms with Gasteiger partial charge in [-0.15, -0.1) is 0 Å². The van der Waals surface area contributed by atoms with Crippen molar-refractivity contribution in [1.29, 1.82) is 5.26 Å². The molecule has 2 atom stereocenters. The van der Waals surface area contributed by atoms with Crippen molar-refractivity contribution in [3.63, 3.8) is 0 Å². The Balaban J connectivity index is 1.20. The molecule has 12 heteroatoms. The molecule has 0 amide bonds. The summed E-state index contributed by atoms with van der Waals surface area (Å²) in [4.78, 5) is 11.2. The number of aromatic nitrogens is 2. The van der Waals surface area contributed by atoms with Crippen LogP contribution < -0.4 is 15.0 Å². The second-order valence-electron chi connectivity index (χ2n) is 12.3. The van der Waals surface area contributed by atoms with Crippen LogP contribution in [0.25, 0.3) is 33.4 Å². The number of nitriles is 1. The van der Waals surface area contributed by atoms with E-state index in [0.717, 1.165) is 53.6 Å². The van der Waals surface area contributed by atoms with E-state index in [0.29, 0.717) is 74.8 Å². The van der Waals surface area contributed by atoms with Crippen molar-refractivity contribution < 1.29 is 24.1 Å². The van der Waals surface area contributed by atoms with E-state index >= 15 is 0 Å². The van der Waals surface area contributed by atoms with Crippen molar-refractivity contribution in [2.45, 2.75) is 44.6 Å². The van der Waals surface area contributed by atoms with Gasteiger partial charge in [0.1, 0.15) is 34.0 Å². The fraction of sp³-hybridized carbons (Fsp3) is 0.324. The zero-order chi connectivity index (χ0) is 34.2. The van der Waals surface area contributed by atoms with E-state index in [4.69, 9.17) is 37.1 Å². The normalized spacial score (nSPS) is 17.9. The summed E-state index contributed by atoms with van der Waals surface area (Å²) in [5.74, 6) is 1.27. The highest BCUT2D eigenvalue weighted by Crippen LogP contribution is 2.45. The Bertz CT molecular complexity index is 2170. The van der Waals surface area contributed by atoms with Crippen LogP contribution in [0, 0.1) is 11.3 Å². The first-order chi connectivity index (χ1) is 23.8. The Morgan fingerprint density at radius 2 is 1.90 bits per heavy atom. The van der Waals surface area contributed by atoms with E-state index in [1.54, 1.807) is 24.9 Å². The molecule has 1 aliphatic heterocycles. The number of ether oxygens (including phenoxy) is 2. The number of halogens is 2. The summed E-state index contributed by atoms with van der Waals surface area (Å²) in [7, 11) is 3.25. The van der Waals surface area contributed by atoms with Crippen LogP contribution in [0.4, 0.5) is 0 Å². The van der Waals surface area contributed by atoms with Gasteiger partial charge in [0, 0.05) is 56.1 Å². The van der Waals surface area contributed by atoms with E-state index in [2.05, 4.69) is 33.1 Å². The maximum atomic E-state index is 9.94.